The fourth-order valence-corrected chi connectivity index (χ4v) is 2.50. The summed E-state index contributed by atoms with van der Waals surface area (Å²) in [6.45, 7) is 4.52. The summed E-state index contributed by atoms with van der Waals surface area (Å²) in [7, 11) is 0. The van der Waals surface area contributed by atoms with Crippen molar-refractivity contribution in [2.24, 2.45) is 11.8 Å². The second-order valence-corrected chi connectivity index (χ2v) is 4.69. The van der Waals surface area contributed by atoms with E-state index in [0.29, 0.717) is 6.04 Å². The van der Waals surface area contributed by atoms with Crippen LogP contribution in [0.4, 0.5) is 0 Å². The lowest BCUT2D eigenvalue weighted by Gasteiger charge is -2.19. The predicted octanol–water partition coefficient (Wildman–Crippen LogP) is 3.08. The summed E-state index contributed by atoms with van der Waals surface area (Å²) >= 11 is 1.73. The lowest BCUT2D eigenvalue weighted by molar-refractivity contribution is 0.395. The molecule has 1 rings (SSSR count). The Kier molecular flexibility index (Phi) is 5.15. The lowest BCUT2D eigenvalue weighted by atomic mass is 9.95. The van der Waals surface area contributed by atoms with Crippen LogP contribution < -0.4 is 11.3 Å². The van der Waals surface area contributed by atoms with Gasteiger partial charge < -0.3 is 0 Å². The van der Waals surface area contributed by atoms with Crippen molar-refractivity contribution >= 4 is 11.3 Å². The first-order valence-corrected chi connectivity index (χ1v) is 6.20. The van der Waals surface area contributed by atoms with Gasteiger partial charge in [0.2, 0.25) is 0 Å². The van der Waals surface area contributed by atoms with E-state index in [1.807, 2.05) is 0 Å². The van der Waals surface area contributed by atoms with E-state index in [-0.39, 0.29) is 0 Å². The van der Waals surface area contributed by atoms with E-state index in [2.05, 4.69) is 36.1 Å². The van der Waals surface area contributed by atoms with Gasteiger partial charge in [-0.15, -0.1) is 0 Å². The van der Waals surface area contributed by atoms with Crippen molar-refractivity contribution in [3.8, 4) is 0 Å². The van der Waals surface area contributed by atoms with E-state index in [9.17, 15) is 0 Å². The molecule has 1 heterocycles. The summed E-state index contributed by atoms with van der Waals surface area (Å²) in [6.07, 6.45) is 3.66. The van der Waals surface area contributed by atoms with Crippen LogP contribution in [0.5, 0.6) is 0 Å². The first-order valence-electron chi connectivity index (χ1n) is 5.26. The molecular formula is C11H20N2S. The monoisotopic (exact) mass is 212 g/mol. The standard InChI is InChI=1S/C11H20N2S/c1-3-4-9(2)7-11(13-12)10-5-6-14-8-10/h5-6,8-9,11,13H,3-4,7,12H2,1-2H3. The maximum atomic E-state index is 5.56. The zero-order valence-corrected chi connectivity index (χ0v) is 9.81. The molecule has 0 fully saturated rings. The zero-order valence-electron chi connectivity index (χ0n) is 8.99. The second kappa shape index (κ2) is 6.17. The molecule has 0 saturated carbocycles. The van der Waals surface area contributed by atoms with E-state index < -0.39 is 0 Å². The molecule has 0 amide bonds. The normalized spacial score (nSPS) is 15.4. The third-order valence-electron chi connectivity index (χ3n) is 2.57. The fourth-order valence-electron chi connectivity index (χ4n) is 1.79. The smallest absolute Gasteiger partial charge is 0.0470 e. The molecule has 0 aliphatic carbocycles. The molecule has 0 radical (unpaired) electrons. The van der Waals surface area contributed by atoms with Gasteiger partial charge in [-0.1, -0.05) is 26.7 Å². The highest BCUT2D eigenvalue weighted by Crippen LogP contribution is 2.24. The zero-order chi connectivity index (χ0) is 10.4. The van der Waals surface area contributed by atoms with Crippen LogP contribution in [-0.2, 0) is 0 Å². The van der Waals surface area contributed by atoms with E-state index in [4.69, 9.17) is 5.84 Å². The molecule has 0 aliphatic heterocycles. The Balaban J connectivity index is 2.47. The molecule has 1 aromatic rings. The van der Waals surface area contributed by atoms with Crippen molar-refractivity contribution < 1.29 is 0 Å². The Bertz CT molecular complexity index is 233. The molecule has 0 saturated heterocycles. The molecule has 0 spiro atoms. The predicted molar refractivity (Wildman–Crippen MR) is 63.1 cm³/mol. The number of hydrazine groups is 1. The molecule has 3 heteroatoms. The molecule has 2 nitrogen and oxygen atoms in total. The SMILES string of the molecule is CCCC(C)CC(NN)c1ccsc1. The van der Waals surface area contributed by atoms with Crippen LogP contribution in [-0.4, -0.2) is 0 Å². The van der Waals surface area contributed by atoms with Crippen molar-refractivity contribution in [1.82, 2.24) is 5.43 Å². The van der Waals surface area contributed by atoms with Gasteiger partial charge >= 0.3 is 0 Å². The van der Waals surface area contributed by atoms with Crippen LogP contribution in [0.25, 0.3) is 0 Å². The summed E-state index contributed by atoms with van der Waals surface area (Å²) in [5, 5.41) is 4.27. The molecule has 80 valence electrons. The quantitative estimate of drug-likeness (QED) is 0.562. The molecule has 1 aromatic heterocycles. The number of rotatable bonds is 6. The Morgan fingerprint density at radius 1 is 1.57 bits per heavy atom. The third-order valence-corrected chi connectivity index (χ3v) is 3.27. The van der Waals surface area contributed by atoms with Crippen LogP contribution in [0.15, 0.2) is 16.8 Å². The van der Waals surface area contributed by atoms with Crippen molar-refractivity contribution in [2.45, 2.75) is 39.2 Å². The second-order valence-electron chi connectivity index (χ2n) is 3.91. The van der Waals surface area contributed by atoms with E-state index in [1.165, 1.54) is 18.4 Å². The third kappa shape index (κ3) is 3.40. The van der Waals surface area contributed by atoms with E-state index >= 15 is 0 Å². The molecule has 2 atom stereocenters. The first-order chi connectivity index (χ1) is 6.77. The van der Waals surface area contributed by atoms with Crippen molar-refractivity contribution in [3.05, 3.63) is 22.4 Å². The molecule has 0 bridgehead atoms. The van der Waals surface area contributed by atoms with Crippen LogP contribution >= 0.6 is 11.3 Å². The van der Waals surface area contributed by atoms with Crippen LogP contribution in [0.3, 0.4) is 0 Å². The van der Waals surface area contributed by atoms with Gasteiger partial charge in [-0.05, 0) is 34.7 Å². The molecule has 14 heavy (non-hydrogen) atoms. The molecule has 3 N–H and O–H groups in total. The van der Waals surface area contributed by atoms with Gasteiger partial charge in [0.25, 0.3) is 0 Å². The number of hydrogen-bond donors (Lipinski definition) is 2. The maximum Gasteiger partial charge on any atom is 0.0470 e. The average Bonchev–Trinajstić information content (AvgIpc) is 2.67. The number of nitrogens with two attached hydrogens (primary N) is 1. The Labute approximate surface area is 90.5 Å². The molecule has 2 unspecified atom stereocenters. The van der Waals surface area contributed by atoms with Gasteiger partial charge in [-0.3, -0.25) is 11.3 Å². The Morgan fingerprint density at radius 2 is 2.36 bits per heavy atom. The van der Waals surface area contributed by atoms with Crippen molar-refractivity contribution in [1.29, 1.82) is 0 Å². The number of hydrogen-bond acceptors (Lipinski definition) is 3. The van der Waals surface area contributed by atoms with Gasteiger partial charge in [0.05, 0.1) is 0 Å². The summed E-state index contributed by atoms with van der Waals surface area (Å²) in [6, 6.07) is 2.47. The summed E-state index contributed by atoms with van der Waals surface area (Å²) in [5.41, 5.74) is 4.22. The van der Waals surface area contributed by atoms with Crippen molar-refractivity contribution in [2.75, 3.05) is 0 Å². The first kappa shape index (κ1) is 11.7. The summed E-state index contributed by atoms with van der Waals surface area (Å²) in [4.78, 5) is 0. The van der Waals surface area contributed by atoms with Crippen LogP contribution in [0, 0.1) is 5.92 Å². The minimum Gasteiger partial charge on any atom is -0.271 e. The topological polar surface area (TPSA) is 38.0 Å². The fraction of sp³-hybridized carbons (Fsp3) is 0.636. The largest absolute Gasteiger partial charge is 0.271 e. The summed E-state index contributed by atoms with van der Waals surface area (Å²) < 4.78 is 0. The van der Waals surface area contributed by atoms with Gasteiger partial charge in [0, 0.05) is 6.04 Å². The van der Waals surface area contributed by atoms with Gasteiger partial charge in [0.1, 0.15) is 0 Å². The highest BCUT2D eigenvalue weighted by molar-refractivity contribution is 7.07. The lowest BCUT2D eigenvalue weighted by Crippen LogP contribution is -2.29. The Morgan fingerprint density at radius 3 is 2.86 bits per heavy atom. The van der Waals surface area contributed by atoms with Gasteiger partial charge in [-0.2, -0.15) is 11.3 Å². The highest BCUT2D eigenvalue weighted by Gasteiger charge is 2.13. The average molecular weight is 212 g/mol. The van der Waals surface area contributed by atoms with Crippen LogP contribution in [0.2, 0.25) is 0 Å². The highest BCUT2D eigenvalue weighted by atomic mass is 32.1. The number of thiophene rings is 1. The minimum absolute atomic E-state index is 0.322. The molecule has 0 aliphatic rings. The van der Waals surface area contributed by atoms with Gasteiger partial charge in [0.15, 0.2) is 0 Å². The van der Waals surface area contributed by atoms with E-state index in [0.717, 1.165) is 12.3 Å². The Hall–Kier alpha value is -0.380. The number of nitrogens with one attached hydrogen (secondary N) is 1. The van der Waals surface area contributed by atoms with Crippen LogP contribution in [0.1, 0.15) is 44.7 Å². The molecular weight excluding hydrogens is 192 g/mol. The van der Waals surface area contributed by atoms with E-state index in [1.54, 1.807) is 11.3 Å². The summed E-state index contributed by atoms with van der Waals surface area (Å²) in [5.74, 6) is 6.30. The van der Waals surface area contributed by atoms with Crippen molar-refractivity contribution in [3.63, 3.8) is 0 Å². The molecule has 0 aromatic carbocycles. The van der Waals surface area contributed by atoms with Gasteiger partial charge in [-0.25, -0.2) is 0 Å². The maximum absolute atomic E-state index is 5.56. The minimum atomic E-state index is 0.322.